The Bertz CT molecular complexity index is 4300. The lowest BCUT2D eigenvalue weighted by Gasteiger charge is -2.06. The van der Waals surface area contributed by atoms with Crippen LogP contribution in [0.4, 0.5) is 0 Å². The lowest BCUT2D eigenvalue weighted by molar-refractivity contribution is 0.173. The smallest absolute Gasteiger partial charge is 0.231 e. The fourth-order valence-corrected chi connectivity index (χ4v) is 10.8. The SMILES string of the molecule is c1cc2c(cc1-c1ccc3c(c1)-c1nc-3nc3[nH]c(nc4nc(nc5[nH]c(n1)c1ccc(-c6ccc7c(c6)OCO7)cc51)-c1ccc(-c5ccc6c(c5)OCO6)cc1-4)c1ccc(-c4ccc5c(c4)OCO5)cc31)OCO2. The van der Waals surface area contributed by atoms with Gasteiger partial charge in [-0.1, -0.05) is 48.5 Å². The van der Waals surface area contributed by atoms with Crippen molar-refractivity contribution in [3.63, 3.8) is 0 Å². The van der Waals surface area contributed by atoms with E-state index in [0.717, 1.165) is 88.3 Å². The number of hydrogen-bond donors (Lipinski definition) is 2. The summed E-state index contributed by atoms with van der Waals surface area (Å²) in [6.45, 7) is 0.716. The zero-order valence-corrected chi connectivity index (χ0v) is 39.6. The van der Waals surface area contributed by atoms with Gasteiger partial charge in [0.15, 0.2) is 69.3 Å². The number of aromatic amines is 2. The van der Waals surface area contributed by atoms with E-state index in [1.54, 1.807) is 0 Å². The topological polar surface area (TPSA) is 183 Å². The van der Waals surface area contributed by atoms with Gasteiger partial charge in [-0.25, -0.2) is 29.9 Å². The summed E-state index contributed by atoms with van der Waals surface area (Å²) < 4.78 is 45.8. The van der Waals surface area contributed by atoms with E-state index in [4.69, 9.17) is 67.8 Å². The van der Waals surface area contributed by atoms with Crippen LogP contribution in [0, 0.1) is 0 Å². The van der Waals surface area contributed by atoms with E-state index in [0.29, 0.717) is 91.9 Å². The molecule has 2 N–H and O–H groups in total. The number of aromatic nitrogens is 8. The van der Waals surface area contributed by atoms with E-state index in [2.05, 4.69) is 70.6 Å². The molecule has 0 atom stereocenters. The van der Waals surface area contributed by atoms with Crippen LogP contribution in [0.5, 0.6) is 46.0 Å². The fraction of sp³-hybridized carbons (Fsp3) is 0.0667. The van der Waals surface area contributed by atoms with Crippen LogP contribution in [0.2, 0.25) is 0 Å². The first-order valence-electron chi connectivity index (χ1n) is 24.5. The summed E-state index contributed by atoms with van der Waals surface area (Å²) in [6.07, 6.45) is 0. The molecule has 0 spiro atoms. The molecule has 6 aliphatic heterocycles. The molecule has 3 aromatic heterocycles. The lowest BCUT2D eigenvalue weighted by Crippen LogP contribution is -1.92. The van der Waals surface area contributed by atoms with Gasteiger partial charge in [-0.2, -0.15) is 0 Å². The first-order valence-corrected chi connectivity index (χ1v) is 24.5. The fourth-order valence-electron chi connectivity index (χ4n) is 10.8. The third-order valence-corrected chi connectivity index (χ3v) is 14.7. The van der Waals surface area contributed by atoms with Gasteiger partial charge in [0.1, 0.15) is 22.6 Å². The zero-order chi connectivity index (χ0) is 49.6. The average molecular weight is 995 g/mol. The molecule has 8 bridgehead atoms. The van der Waals surface area contributed by atoms with Crippen molar-refractivity contribution in [3.8, 4) is 136 Å². The van der Waals surface area contributed by atoms with Crippen molar-refractivity contribution < 1.29 is 37.9 Å². The Kier molecular flexibility index (Phi) is 8.38. The standard InChI is InChI=1S/C60H34N8O8/c1-9-37-41(17-29(1)33-5-13-45-49(21-33)73-25-69-45)57-61-53(37)65-58-42-18-30(34-6-14-46-50(22-34)74-26-70-46)2-10-38(42)55(62-58)67-60-44-20-32(36-8-16-48-52(24-36)76-28-72-48)4-12-40(44)56(64-60)68-59-43-19-31(3-11-39(43)54(63-59)66-57)35-7-15-47-51(23-35)75-27-71-47/h1-24H,25-28H2,(H2,61,62,63,64,65,66,67,68). The summed E-state index contributed by atoms with van der Waals surface area (Å²) in [4.78, 5) is 39.3. The quantitative estimate of drug-likeness (QED) is 0.170. The molecule has 9 heterocycles. The van der Waals surface area contributed by atoms with Crippen LogP contribution in [0.3, 0.4) is 0 Å². The molecule has 0 amide bonds. The first-order chi connectivity index (χ1) is 37.5. The minimum absolute atomic E-state index is 0.179. The second kappa shape index (κ2) is 15.5. The van der Waals surface area contributed by atoms with E-state index < -0.39 is 0 Å². The number of rotatable bonds is 4. The van der Waals surface area contributed by atoms with Gasteiger partial charge in [0.05, 0.1) is 0 Å². The maximum Gasteiger partial charge on any atom is 0.231 e. The molecule has 0 aliphatic carbocycles. The number of benzene rings is 8. The summed E-state index contributed by atoms with van der Waals surface area (Å²) >= 11 is 0. The molecule has 0 unspecified atom stereocenters. The van der Waals surface area contributed by atoms with E-state index in [9.17, 15) is 0 Å². The Balaban J connectivity index is 0.940. The molecular weight excluding hydrogens is 961 g/mol. The van der Waals surface area contributed by atoms with Gasteiger partial charge in [-0.05, 0) is 142 Å². The Morgan fingerprint density at radius 2 is 0.513 bits per heavy atom. The number of H-pyrrole nitrogens is 2. The number of nitrogens with zero attached hydrogens (tertiary/aromatic N) is 6. The van der Waals surface area contributed by atoms with Crippen LogP contribution in [-0.2, 0) is 0 Å². The highest BCUT2D eigenvalue weighted by atomic mass is 16.7. The Hall–Kier alpha value is -10.5. The van der Waals surface area contributed by atoms with Gasteiger partial charge in [-0.15, -0.1) is 0 Å². The van der Waals surface area contributed by atoms with E-state index in [-0.39, 0.29) is 27.2 Å². The van der Waals surface area contributed by atoms with Crippen molar-refractivity contribution in [3.05, 3.63) is 146 Å². The summed E-state index contributed by atoms with van der Waals surface area (Å²) in [5.74, 6) is 7.47. The zero-order valence-electron chi connectivity index (χ0n) is 39.6. The highest BCUT2D eigenvalue weighted by Gasteiger charge is 2.26. The van der Waals surface area contributed by atoms with Crippen LogP contribution < -0.4 is 37.9 Å². The summed E-state index contributed by atoms with van der Waals surface area (Å²) in [5.41, 5.74) is 13.0. The van der Waals surface area contributed by atoms with Gasteiger partial charge >= 0.3 is 0 Å². The molecule has 6 aliphatic rings. The molecule has 16 heteroatoms. The molecule has 0 radical (unpaired) electrons. The van der Waals surface area contributed by atoms with Crippen LogP contribution in [0.25, 0.3) is 134 Å². The summed E-state index contributed by atoms with van der Waals surface area (Å²) in [7, 11) is 0. The third-order valence-electron chi connectivity index (χ3n) is 14.7. The highest BCUT2D eigenvalue weighted by Crippen LogP contribution is 2.45. The molecule has 362 valence electrons. The minimum atomic E-state index is 0.179. The predicted molar refractivity (Wildman–Crippen MR) is 282 cm³/mol. The minimum Gasteiger partial charge on any atom is -0.454 e. The number of ether oxygens (including phenoxy) is 8. The lowest BCUT2D eigenvalue weighted by atomic mass is 9.99. The van der Waals surface area contributed by atoms with Crippen molar-refractivity contribution in [2.75, 3.05) is 27.2 Å². The molecule has 0 saturated heterocycles. The van der Waals surface area contributed by atoms with Gasteiger partial charge in [0.2, 0.25) is 27.2 Å². The molecule has 16 nitrogen and oxygen atoms in total. The van der Waals surface area contributed by atoms with Crippen LogP contribution >= 0.6 is 0 Å². The Morgan fingerprint density at radius 3 is 0.882 bits per heavy atom. The molecule has 0 fully saturated rings. The van der Waals surface area contributed by atoms with Crippen LogP contribution in [-0.4, -0.2) is 67.0 Å². The maximum atomic E-state index is 5.79. The van der Waals surface area contributed by atoms with Crippen molar-refractivity contribution in [2.24, 2.45) is 0 Å². The molecule has 76 heavy (non-hydrogen) atoms. The van der Waals surface area contributed by atoms with Crippen molar-refractivity contribution in [1.29, 1.82) is 0 Å². The molecule has 11 aromatic rings. The van der Waals surface area contributed by atoms with E-state index in [1.807, 2.05) is 84.9 Å². The first kappa shape index (κ1) is 41.0. The summed E-state index contributed by atoms with van der Waals surface area (Å²) in [5, 5.41) is 3.31. The largest absolute Gasteiger partial charge is 0.454 e. The predicted octanol–water partition coefficient (Wildman–Crippen LogP) is 12.5. The Labute approximate surface area is 429 Å². The number of hydrogen-bond acceptors (Lipinski definition) is 14. The maximum absolute atomic E-state index is 5.79. The monoisotopic (exact) mass is 994 g/mol. The van der Waals surface area contributed by atoms with Gasteiger partial charge in [-0.3, -0.25) is 0 Å². The van der Waals surface area contributed by atoms with E-state index in [1.165, 1.54) is 0 Å². The number of nitrogens with one attached hydrogen (secondary N) is 2. The van der Waals surface area contributed by atoms with Crippen molar-refractivity contribution in [1.82, 2.24) is 39.9 Å². The Morgan fingerprint density at radius 1 is 0.237 bits per heavy atom. The molecule has 0 saturated carbocycles. The van der Waals surface area contributed by atoms with Crippen LogP contribution in [0.1, 0.15) is 0 Å². The average Bonchev–Trinajstić information content (AvgIpc) is 4.35. The van der Waals surface area contributed by atoms with Gasteiger partial charge < -0.3 is 47.9 Å². The second-order valence-corrected chi connectivity index (χ2v) is 18.9. The second-order valence-electron chi connectivity index (χ2n) is 18.9. The normalized spacial score (nSPS) is 13.9. The molecule has 8 aromatic carbocycles. The highest BCUT2D eigenvalue weighted by molar-refractivity contribution is 6.08. The van der Waals surface area contributed by atoms with Crippen molar-refractivity contribution >= 4 is 44.1 Å². The molecule has 17 rings (SSSR count). The number of fused-ring (bicyclic) bond motifs is 24. The van der Waals surface area contributed by atoms with Crippen LogP contribution in [0.15, 0.2) is 146 Å². The van der Waals surface area contributed by atoms with Gasteiger partial charge in [0.25, 0.3) is 0 Å². The third kappa shape index (κ3) is 6.36. The van der Waals surface area contributed by atoms with E-state index >= 15 is 0 Å². The van der Waals surface area contributed by atoms with Crippen molar-refractivity contribution in [2.45, 2.75) is 0 Å². The summed E-state index contributed by atoms with van der Waals surface area (Å²) in [6, 6.07) is 48.7. The van der Waals surface area contributed by atoms with Gasteiger partial charge in [0, 0.05) is 43.8 Å². The molecular formula is C60H34N8O8.